The number of nitrogens with zero attached hydrogens (tertiary/aromatic N) is 2. The normalized spacial score (nSPS) is 13.2. The molecule has 0 saturated heterocycles. The van der Waals surface area contributed by atoms with Crippen molar-refractivity contribution in [3.63, 3.8) is 0 Å². The van der Waals surface area contributed by atoms with E-state index in [1.807, 2.05) is 5.32 Å². The zero-order chi connectivity index (χ0) is 18.7. The van der Waals surface area contributed by atoms with Crippen molar-refractivity contribution < 1.29 is 27.5 Å². The number of hydrogen-bond acceptors (Lipinski definition) is 5. The lowest BCUT2D eigenvalue weighted by Crippen LogP contribution is -2.57. The monoisotopic (exact) mass is 347 g/mol. The quantitative estimate of drug-likeness (QED) is 0.825. The smallest absolute Gasteiger partial charge is 0.409 e. The fourth-order valence-corrected chi connectivity index (χ4v) is 2.06. The lowest BCUT2D eigenvalue weighted by Gasteiger charge is -2.33. The number of alkyl halides is 3. The van der Waals surface area contributed by atoms with Gasteiger partial charge in [0.05, 0.1) is 12.5 Å². The summed E-state index contributed by atoms with van der Waals surface area (Å²) in [4.78, 5) is 29.5. The minimum absolute atomic E-state index is 0.184. The van der Waals surface area contributed by atoms with E-state index in [4.69, 9.17) is 0 Å². The second kappa shape index (κ2) is 7.06. The van der Waals surface area contributed by atoms with Crippen LogP contribution in [0.1, 0.15) is 24.3 Å². The van der Waals surface area contributed by atoms with Crippen LogP contribution in [0.5, 0.6) is 0 Å². The van der Waals surface area contributed by atoms with Gasteiger partial charge in [0.1, 0.15) is 17.6 Å². The summed E-state index contributed by atoms with van der Waals surface area (Å²) in [6.07, 6.45) is -4.84. The molecule has 0 aliphatic carbocycles. The highest BCUT2D eigenvalue weighted by atomic mass is 19.4. The first-order valence-electron chi connectivity index (χ1n) is 7.01. The van der Waals surface area contributed by atoms with E-state index in [1.54, 1.807) is 25.1 Å². The van der Waals surface area contributed by atoms with Gasteiger partial charge >= 0.3 is 12.1 Å². The first-order valence-corrected chi connectivity index (χ1v) is 7.01. The van der Waals surface area contributed by atoms with Crippen molar-refractivity contribution in [1.29, 1.82) is 0 Å². The van der Waals surface area contributed by atoms with Crippen LogP contribution in [0.4, 0.5) is 19.0 Å². The Morgan fingerprint density at radius 2 is 1.83 bits per heavy atom. The van der Waals surface area contributed by atoms with Crippen LogP contribution in [0.2, 0.25) is 0 Å². The van der Waals surface area contributed by atoms with Crippen molar-refractivity contribution in [2.75, 3.05) is 26.1 Å². The van der Waals surface area contributed by atoms with E-state index in [2.05, 4.69) is 9.72 Å². The molecule has 0 fully saturated rings. The maximum atomic E-state index is 13.3. The molecule has 1 aromatic rings. The summed E-state index contributed by atoms with van der Waals surface area (Å²) >= 11 is 0. The molecule has 1 aromatic heterocycles. The van der Waals surface area contributed by atoms with Crippen molar-refractivity contribution in [2.45, 2.75) is 26.1 Å². The number of pyridine rings is 1. The number of rotatable bonds is 5. The summed E-state index contributed by atoms with van der Waals surface area (Å²) in [5.41, 5.74) is -2.18. The van der Waals surface area contributed by atoms with Crippen molar-refractivity contribution in [2.24, 2.45) is 5.41 Å². The van der Waals surface area contributed by atoms with Gasteiger partial charge in [-0.25, -0.2) is 4.98 Å². The van der Waals surface area contributed by atoms with Gasteiger partial charge in [0.2, 0.25) is 0 Å². The molecule has 6 nitrogen and oxygen atoms in total. The molecule has 0 radical (unpaired) electrons. The third-order valence-electron chi connectivity index (χ3n) is 3.46. The average Bonchev–Trinajstić information content (AvgIpc) is 2.50. The van der Waals surface area contributed by atoms with Crippen LogP contribution >= 0.6 is 0 Å². The largest absolute Gasteiger partial charge is 0.469 e. The summed E-state index contributed by atoms with van der Waals surface area (Å²) in [6, 6.07) is 1.98. The van der Waals surface area contributed by atoms with E-state index in [0.29, 0.717) is 5.82 Å². The van der Waals surface area contributed by atoms with Gasteiger partial charge in [-0.1, -0.05) is 6.07 Å². The van der Waals surface area contributed by atoms with Crippen LogP contribution < -0.4 is 10.2 Å². The van der Waals surface area contributed by atoms with E-state index in [-0.39, 0.29) is 5.69 Å². The van der Waals surface area contributed by atoms with Crippen molar-refractivity contribution >= 4 is 17.7 Å². The summed E-state index contributed by atoms with van der Waals surface area (Å²) in [6.45, 7) is 2.11. The molecule has 0 aromatic carbocycles. The molecule has 0 aliphatic heterocycles. The predicted octanol–water partition coefficient (Wildman–Crippen LogP) is 2.01. The summed E-state index contributed by atoms with van der Waals surface area (Å²) in [5.74, 6) is -1.70. The third-order valence-corrected chi connectivity index (χ3v) is 3.46. The fraction of sp³-hybridized carbons (Fsp3) is 0.533. The summed E-state index contributed by atoms with van der Waals surface area (Å²) < 4.78 is 44.5. The second-order valence-electron chi connectivity index (χ2n) is 5.94. The molecule has 0 aliphatic rings. The van der Waals surface area contributed by atoms with E-state index in [0.717, 1.165) is 21.0 Å². The van der Waals surface area contributed by atoms with Gasteiger partial charge in [-0.15, -0.1) is 0 Å². The molecular weight excluding hydrogens is 327 g/mol. The van der Waals surface area contributed by atoms with Gasteiger partial charge in [0.25, 0.3) is 5.91 Å². The number of carbonyl (C=O) groups excluding carboxylic acids is 2. The van der Waals surface area contributed by atoms with Gasteiger partial charge < -0.3 is 15.0 Å². The number of amides is 1. The molecule has 0 spiro atoms. The molecule has 1 N–H and O–H groups in total. The fourth-order valence-electron chi connectivity index (χ4n) is 2.06. The van der Waals surface area contributed by atoms with Gasteiger partial charge in [-0.3, -0.25) is 9.59 Å². The van der Waals surface area contributed by atoms with Crippen molar-refractivity contribution in [1.82, 2.24) is 10.3 Å². The Kier molecular flexibility index (Phi) is 5.80. The Morgan fingerprint density at radius 3 is 2.29 bits per heavy atom. The Bertz CT molecular complexity index is 615. The number of halogens is 3. The highest BCUT2D eigenvalue weighted by molar-refractivity contribution is 5.93. The molecule has 0 saturated carbocycles. The topological polar surface area (TPSA) is 71.5 Å². The molecule has 1 atom stereocenters. The standard InChI is InChI=1S/C15H20F3N3O3/c1-14(2,13(23)24-5)12(15(16,17)18)20-11(22)9-7-6-8-10(19-9)21(3)4/h6-8,12H,1-5H3,(H,20,22). The minimum atomic E-state index is -4.84. The average molecular weight is 347 g/mol. The van der Waals surface area contributed by atoms with Crippen LogP contribution in [0.3, 0.4) is 0 Å². The van der Waals surface area contributed by atoms with Gasteiger partial charge in [0, 0.05) is 14.1 Å². The molecule has 1 unspecified atom stereocenters. The van der Waals surface area contributed by atoms with Crippen molar-refractivity contribution in [3.05, 3.63) is 23.9 Å². The number of esters is 1. The lowest BCUT2D eigenvalue weighted by molar-refractivity contribution is -0.191. The molecule has 24 heavy (non-hydrogen) atoms. The van der Waals surface area contributed by atoms with Gasteiger partial charge in [-0.05, 0) is 26.0 Å². The van der Waals surface area contributed by atoms with E-state index in [1.165, 1.54) is 12.1 Å². The number of aromatic nitrogens is 1. The Hall–Kier alpha value is -2.32. The molecule has 0 bridgehead atoms. The number of nitrogens with one attached hydrogen (secondary N) is 1. The van der Waals surface area contributed by atoms with Crippen LogP contribution in [-0.2, 0) is 9.53 Å². The maximum Gasteiger partial charge on any atom is 0.409 e. The maximum absolute atomic E-state index is 13.3. The van der Waals surface area contributed by atoms with Crippen LogP contribution in [-0.4, -0.2) is 50.3 Å². The van der Waals surface area contributed by atoms with Gasteiger partial charge in [-0.2, -0.15) is 13.2 Å². The van der Waals surface area contributed by atoms with Gasteiger partial charge in [0.15, 0.2) is 0 Å². The second-order valence-corrected chi connectivity index (χ2v) is 5.94. The number of methoxy groups -OCH3 is 1. The number of hydrogen-bond donors (Lipinski definition) is 1. The lowest BCUT2D eigenvalue weighted by atomic mass is 9.83. The Labute approximate surface area is 138 Å². The third kappa shape index (κ3) is 4.36. The zero-order valence-electron chi connectivity index (χ0n) is 14.1. The van der Waals surface area contributed by atoms with E-state index < -0.39 is 29.5 Å². The number of ether oxygens (including phenoxy) is 1. The van der Waals surface area contributed by atoms with E-state index >= 15 is 0 Å². The molecule has 1 amide bonds. The highest BCUT2D eigenvalue weighted by Crippen LogP contribution is 2.35. The van der Waals surface area contributed by atoms with Crippen molar-refractivity contribution in [3.8, 4) is 0 Å². The molecule has 1 rings (SSSR count). The zero-order valence-corrected chi connectivity index (χ0v) is 14.1. The summed E-state index contributed by atoms with van der Waals surface area (Å²) in [5, 5.41) is 1.85. The molecule has 1 heterocycles. The Balaban J connectivity index is 3.14. The SMILES string of the molecule is COC(=O)C(C)(C)C(NC(=O)c1cccc(N(C)C)n1)C(F)(F)F. The number of anilines is 1. The molecule has 9 heteroatoms. The summed E-state index contributed by atoms with van der Waals surface area (Å²) in [7, 11) is 4.35. The molecular formula is C15H20F3N3O3. The Morgan fingerprint density at radius 1 is 1.25 bits per heavy atom. The first kappa shape index (κ1) is 19.7. The first-order chi connectivity index (χ1) is 10.9. The number of carbonyl (C=O) groups is 2. The van der Waals surface area contributed by atoms with E-state index in [9.17, 15) is 22.8 Å². The van der Waals surface area contributed by atoms with Crippen LogP contribution in [0, 0.1) is 5.41 Å². The minimum Gasteiger partial charge on any atom is -0.469 e. The molecule has 134 valence electrons. The van der Waals surface area contributed by atoms with Crippen LogP contribution in [0.15, 0.2) is 18.2 Å². The predicted molar refractivity (Wildman–Crippen MR) is 81.7 cm³/mol. The van der Waals surface area contributed by atoms with Crippen LogP contribution in [0.25, 0.3) is 0 Å². The highest BCUT2D eigenvalue weighted by Gasteiger charge is 2.54.